The summed E-state index contributed by atoms with van der Waals surface area (Å²) in [5.41, 5.74) is 2.40. The Morgan fingerprint density at radius 1 is 1.32 bits per heavy atom. The molecule has 0 amide bonds. The molecule has 1 aliphatic rings. The summed E-state index contributed by atoms with van der Waals surface area (Å²) in [6, 6.07) is 6.44. The fourth-order valence-electron chi connectivity index (χ4n) is 2.26. The van der Waals surface area contributed by atoms with Crippen molar-refractivity contribution in [3.8, 4) is 17.1 Å². The molecule has 0 unspecified atom stereocenters. The van der Waals surface area contributed by atoms with Gasteiger partial charge in [0.15, 0.2) is 0 Å². The lowest BCUT2D eigenvalue weighted by Crippen LogP contribution is -2.02. The summed E-state index contributed by atoms with van der Waals surface area (Å²) in [4.78, 5) is 4.40. The zero-order valence-corrected chi connectivity index (χ0v) is 11.8. The largest absolute Gasteiger partial charge is 0.490 e. The Morgan fingerprint density at radius 3 is 2.68 bits per heavy atom. The molecule has 1 fully saturated rings. The van der Waals surface area contributed by atoms with Crippen molar-refractivity contribution in [2.45, 2.75) is 38.7 Å². The zero-order chi connectivity index (χ0) is 13.4. The molecule has 3 heteroatoms. The number of nitrogens with zero attached hydrogens (tertiary/aromatic N) is 2. The second kappa shape index (κ2) is 4.72. The van der Waals surface area contributed by atoms with Gasteiger partial charge < -0.3 is 9.30 Å². The van der Waals surface area contributed by atoms with Gasteiger partial charge in [-0.25, -0.2) is 4.98 Å². The third-order valence-corrected chi connectivity index (χ3v) is 3.53. The molecule has 1 heterocycles. The Morgan fingerprint density at radius 2 is 2.11 bits per heavy atom. The summed E-state index contributed by atoms with van der Waals surface area (Å²) in [5, 5.41) is 0. The Bertz CT molecular complexity index is 582. The van der Waals surface area contributed by atoms with Crippen LogP contribution in [-0.4, -0.2) is 15.7 Å². The molecule has 0 bridgehead atoms. The highest BCUT2D eigenvalue weighted by Crippen LogP contribution is 2.35. The number of aromatic nitrogens is 2. The lowest BCUT2D eigenvalue weighted by atomic mass is 10.00. The predicted octanol–water partition coefficient (Wildman–Crippen LogP) is 3.75. The molecule has 3 nitrogen and oxygen atoms in total. The topological polar surface area (TPSA) is 27.1 Å². The number of ether oxygens (including phenoxy) is 1. The van der Waals surface area contributed by atoms with E-state index in [4.69, 9.17) is 4.74 Å². The van der Waals surface area contributed by atoms with Crippen molar-refractivity contribution in [1.82, 2.24) is 9.55 Å². The summed E-state index contributed by atoms with van der Waals surface area (Å²) in [7, 11) is 2.01. The second-order valence-electron chi connectivity index (χ2n) is 5.59. The zero-order valence-electron chi connectivity index (χ0n) is 11.8. The van der Waals surface area contributed by atoms with Crippen LogP contribution in [0, 0.1) is 0 Å². The van der Waals surface area contributed by atoms with Gasteiger partial charge in [0.25, 0.3) is 0 Å². The molecular formula is C16H20N2O. The summed E-state index contributed by atoms with van der Waals surface area (Å²) in [6.45, 7) is 4.41. The van der Waals surface area contributed by atoms with Gasteiger partial charge in [0.05, 0.1) is 6.10 Å². The van der Waals surface area contributed by atoms with Gasteiger partial charge in [0, 0.05) is 25.0 Å². The highest BCUT2D eigenvalue weighted by Gasteiger charge is 2.25. The number of imidazole rings is 1. The minimum atomic E-state index is 0.425. The lowest BCUT2D eigenvalue weighted by Gasteiger charge is -2.15. The van der Waals surface area contributed by atoms with Gasteiger partial charge in [-0.2, -0.15) is 0 Å². The van der Waals surface area contributed by atoms with E-state index in [1.54, 1.807) is 0 Å². The average Bonchev–Trinajstić information content (AvgIpc) is 3.08. The van der Waals surface area contributed by atoms with Crippen molar-refractivity contribution in [3.05, 3.63) is 36.2 Å². The summed E-state index contributed by atoms with van der Waals surface area (Å²) in [5.74, 6) is 2.48. The Labute approximate surface area is 114 Å². The van der Waals surface area contributed by atoms with Crippen LogP contribution in [0.15, 0.2) is 30.6 Å². The van der Waals surface area contributed by atoms with Crippen LogP contribution in [0.5, 0.6) is 5.75 Å². The maximum Gasteiger partial charge on any atom is 0.139 e. The van der Waals surface area contributed by atoms with E-state index >= 15 is 0 Å². The van der Waals surface area contributed by atoms with Crippen LogP contribution >= 0.6 is 0 Å². The molecule has 0 saturated heterocycles. The van der Waals surface area contributed by atoms with Gasteiger partial charge in [-0.15, -0.1) is 0 Å². The normalized spacial score (nSPS) is 14.9. The van der Waals surface area contributed by atoms with E-state index in [0.29, 0.717) is 12.0 Å². The summed E-state index contributed by atoms with van der Waals surface area (Å²) < 4.78 is 8.09. The van der Waals surface area contributed by atoms with Crippen LogP contribution in [0.3, 0.4) is 0 Å². The second-order valence-corrected chi connectivity index (χ2v) is 5.59. The Hall–Kier alpha value is -1.77. The molecule has 0 aliphatic heterocycles. The molecule has 0 radical (unpaired) electrons. The van der Waals surface area contributed by atoms with Crippen molar-refractivity contribution in [3.63, 3.8) is 0 Å². The molecule has 0 spiro atoms. The van der Waals surface area contributed by atoms with Crippen LogP contribution in [0.1, 0.15) is 38.2 Å². The molecule has 1 aromatic carbocycles. The van der Waals surface area contributed by atoms with E-state index in [1.807, 2.05) is 24.0 Å². The minimum Gasteiger partial charge on any atom is -0.490 e. The molecular weight excluding hydrogens is 236 g/mol. The van der Waals surface area contributed by atoms with E-state index in [1.165, 1.54) is 18.4 Å². The monoisotopic (exact) mass is 256 g/mol. The van der Waals surface area contributed by atoms with Crippen LogP contribution in [0.2, 0.25) is 0 Å². The highest BCUT2D eigenvalue weighted by atomic mass is 16.5. The summed E-state index contributed by atoms with van der Waals surface area (Å²) in [6.07, 6.45) is 6.59. The van der Waals surface area contributed by atoms with Gasteiger partial charge in [-0.1, -0.05) is 26.0 Å². The quantitative estimate of drug-likeness (QED) is 0.833. The van der Waals surface area contributed by atoms with E-state index in [2.05, 4.69) is 37.0 Å². The van der Waals surface area contributed by atoms with Crippen LogP contribution < -0.4 is 4.74 Å². The minimum absolute atomic E-state index is 0.425. The maximum atomic E-state index is 6.06. The van der Waals surface area contributed by atoms with Crippen molar-refractivity contribution in [1.29, 1.82) is 0 Å². The predicted molar refractivity (Wildman–Crippen MR) is 76.4 cm³/mol. The van der Waals surface area contributed by atoms with E-state index < -0.39 is 0 Å². The third kappa shape index (κ3) is 2.50. The van der Waals surface area contributed by atoms with Gasteiger partial charge >= 0.3 is 0 Å². The van der Waals surface area contributed by atoms with Gasteiger partial charge in [0.1, 0.15) is 11.6 Å². The number of aryl methyl sites for hydroxylation is 1. The lowest BCUT2D eigenvalue weighted by molar-refractivity contribution is 0.299. The Balaban J connectivity index is 2.00. The maximum absolute atomic E-state index is 6.06. The molecule has 3 rings (SSSR count). The van der Waals surface area contributed by atoms with Crippen molar-refractivity contribution in [2.24, 2.45) is 7.05 Å². The molecule has 0 atom stereocenters. The first-order valence-electron chi connectivity index (χ1n) is 6.93. The molecule has 1 saturated carbocycles. The first kappa shape index (κ1) is 12.3. The van der Waals surface area contributed by atoms with Crippen molar-refractivity contribution in [2.75, 3.05) is 0 Å². The molecule has 2 aromatic rings. The van der Waals surface area contributed by atoms with Gasteiger partial charge in [-0.05, 0) is 30.4 Å². The molecule has 100 valence electrons. The Kier molecular flexibility index (Phi) is 3.05. The smallest absolute Gasteiger partial charge is 0.139 e. The van der Waals surface area contributed by atoms with Crippen molar-refractivity contribution < 1.29 is 4.74 Å². The van der Waals surface area contributed by atoms with Gasteiger partial charge in [-0.3, -0.25) is 0 Å². The standard InChI is InChI=1S/C16H20N2O/c1-11(2)14-7-4-12(16-17-8-9-18(16)3)10-15(14)19-13-5-6-13/h4,7-11,13H,5-6H2,1-3H3. The van der Waals surface area contributed by atoms with Crippen LogP contribution in [0.25, 0.3) is 11.4 Å². The number of rotatable bonds is 4. The fourth-order valence-corrected chi connectivity index (χ4v) is 2.26. The molecule has 0 N–H and O–H groups in total. The van der Waals surface area contributed by atoms with Crippen molar-refractivity contribution >= 4 is 0 Å². The first-order chi connectivity index (χ1) is 9.15. The van der Waals surface area contributed by atoms with E-state index in [-0.39, 0.29) is 0 Å². The van der Waals surface area contributed by atoms with Gasteiger partial charge in [0.2, 0.25) is 0 Å². The fraction of sp³-hybridized carbons (Fsp3) is 0.438. The van der Waals surface area contributed by atoms with Crippen LogP contribution in [-0.2, 0) is 7.05 Å². The van der Waals surface area contributed by atoms with E-state index in [0.717, 1.165) is 17.1 Å². The van der Waals surface area contributed by atoms with Crippen LogP contribution in [0.4, 0.5) is 0 Å². The number of hydrogen-bond donors (Lipinski definition) is 0. The number of benzene rings is 1. The molecule has 19 heavy (non-hydrogen) atoms. The first-order valence-corrected chi connectivity index (χ1v) is 6.93. The molecule has 1 aliphatic carbocycles. The third-order valence-electron chi connectivity index (χ3n) is 3.53. The average molecular weight is 256 g/mol. The molecule has 1 aromatic heterocycles. The summed E-state index contributed by atoms with van der Waals surface area (Å²) >= 11 is 0. The number of hydrogen-bond acceptors (Lipinski definition) is 2. The SMILES string of the molecule is CC(C)c1ccc(-c2nccn2C)cc1OC1CC1. The highest BCUT2D eigenvalue weighted by molar-refractivity contribution is 5.60. The van der Waals surface area contributed by atoms with E-state index in [9.17, 15) is 0 Å².